The summed E-state index contributed by atoms with van der Waals surface area (Å²) < 4.78 is 12.8. The van der Waals surface area contributed by atoms with Crippen molar-refractivity contribution >= 4 is 17.0 Å². The molecule has 8 heteroatoms. The Hall–Kier alpha value is -4.20. The van der Waals surface area contributed by atoms with Crippen LogP contribution in [0.2, 0.25) is 0 Å². The third kappa shape index (κ3) is 3.78. The summed E-state index contributed by atoms with van der Waals surface area (Å²) in [6.45, 7) is 3.02. The number of aryl methyl sites for hydroxylation is 1. The van der Waals surface area contributed by atoms with Gasteiger partial charge in [-0.1, -0.05) is 29.4 Å². The number of rotatable bonds is 6. The summed E-state index contributed by atoms with van der Waals surface area (Å²) in [7, 11) is 1.78. The summed E-state index contributed by atoms with van der Waals surface area (Å²) >= 11 is 0. The van der Waals surface area contributed by atoms with Gasteiger partial charge in [0.1, 0.15) is 5.69 Å². The second-order valence-electron chi connectivity index (χ2n) is 7.69. The van der Waals surface area contributed by atoms with E-state index in [0.717, 1.165) is 12.1 Å². The molecule has 1 aromatic carbocycles. The normalized spacial score (nSPS) is 11.2. The summed E-state index contributed by atoms with van der Waals surface area (Å²) in [4.78, 5) is 23.6. The van der Waals surface area contributed by atoms with Crippen LogP contribution in [0.4, 0.5) is 0 Å². The van der Waals surface area contributed by atoms with Crippen molar-refractivity contribution in [2.45, 2.75) is 20.0 Å². The molecular weight excluding hydrogens is 406 g/mol. The lowest BCUT2D eigenvalue weighted by atomic mass is 10.1. The van der Waals surface area contributed by atoms with Gasteiger partial charge < -0.3 is 18.4 Å². The minimum absolute atomic E-state index is 0.140. The SMILES string of the molecule is Cc1noc2nc(-c3ccco3)cc(C(=O)N(C)Cc3ccc(Cn4ccnc4)cc3)c12. The van der Waals surface area contributed by atoms with Crippen molar-refractivity contribution in [2.24, 2.45) is 0 Å². The Balaban J connectivity index is 1.39. The van der Waals surface area contributed by atoms with E-state index in [4.69, 9.17) is 8.94 Å². The Morgan fingerprint density at radius 2 is 1.97 bits per heavy atom. The molecule has 160 valence electrons. The standard InChI is InChI=1S/C24H21N5O3/c1-16-22-19(12-20(21-4-3-11-31-21)26-23(22)32-27-16)24(30)28(2)13-17-5-7-18(8-6-17)14-29-10-9-25-15-29/h3-12,15H,13-14H2,1-2H3. The number of amides is 1. The average molecular weight is 427 g/mol. The smallest absolute Gasteiger partial charge is 0.259 e. The largest absolute Gasteiger partial charge is 0.463 e. The van der Waals surface area contributed by atoms with Gasteiger partial charge in [-0.05, 0) is 36.2 Å². The molecule has 0 N–H and O–H groups in total. The first-order valence-corrected chi connectivity index (χ1v) is 10.2. The maximum Gasteiger partial charge on any atom is 0.259 e. The first-order valence-electron chi connectivity index (χ1n) is 10.2. The van der Waals surface area contributed by atoms with Crippen LogP contribution in [0.25, 0.3) is 22.6 Å². The molecule has 0 atom stereocenters. The summed E-state index contributed by atoms with van der Waals surface area (Å²) in [5.74, 6) is 0.421. The summed E-state index contributed by atoms with van der Waals surface area (Å²) in [5, 5.41) is 4.62. The third-order valence-electron chi connectivity index (χ3n) is 5.33. The predicted octanol–water partition coefficient (Wildman–Crippen LogP) is 4.31. The second-order valence-corrected chi connectivity index (χ2v) is 7.69. The first-order chi connectivity index (χ1) is 15.6. The molecule has 0 unspecified atom stereocenters. The van der Waals surface area contributed by atoms with Crippen molar-refractivity contribution in [3.8, 4) is 11.5 Å². The van der Waals surface area contributed by atoms with Gasteiger partial charge in [-0.15, -0.1) is 0 Å². The molecular formula is C24H21N5O3. The average Bonchev–Trinajstić information content (AvgIpc) is 3.57. The van der Waals surface area contributed by atoms with Gasteiger partial charge in [0, 0.05) is 32.5 Å². The van der Waals surface area contributed by atoms with Crippen LogP contribution in [0.15, 0.2) is 76.4 Å². The molecule has 4 aromatic heterocycles. The number of hydrogen-bond acceptors (Lipinski definition) is 6. The minimum Gasteiger partial charge on any atom is -0.463 e. The van der Waals surface area contributed by atoms with Crippen molar-refractivity contribution in [1.82, 2.24) is 24.6 Å². The van der Waals surface area contributed by atoms with Crippen LogP contribution in [0.3, 0.4) is 0 Å². The lowest BCUT2D eigenvalue weighted by molar-refractivity contribution is 0.0787. The molecule has 4 heterocycles. The zero-order chi connectivity index (χ0) is 22.1. The van der Waals surface area contributed by atoms with Gasteiger partial charge in [0.15, 0.2) is 5.76 Å². The molecule has 0 radical (unpaired) electrons. The van der Waals surface area contributed by atoms with E-state index >= 15 is 0 Å². The number of benzene rings is 1. The number of furan rings is 1. The number of imidazole rings is 1. The monoisotopic (exact) mass is 427 g/mol. The molecule has 0 bridgehead atoms. The highest BCUT2D eigenvalue weighted by atomic mass is 16.5. The fraction of sp³-hybridized carbons (Fsp3) is 0.167. The minimum atomic E-state index is -0.140. The molecule has 0 fully saturated rings. The van der Waals surface area contributed by atoms with Crippen molar-refractivity contribution in [2.75, 3.05) is 7.05 Å². The molecule has 0 aliphatic rings. The number of carbonyl (C=O) groups excluding carboxylic acids is 1. The Kier molecular flexibility index (Phi) is 5.03. The number of nitrogens with zero attached hydrogens (tertiary/aromatic N) is 5. The third-order valence-corrected chi connectivity index (χ3v) is 5.33. The zero-order valence-corrected chi connectivity index (χ0v) is 17.7. The molecule has 0 aliphatic heterocycles. The van der Waals surface area contributed by atoms with E-state index in [9.17, 15) is 4.79 Å². The molecule has 0 spiro atoms. The fourth-order valence-electron chi connectivity index (χ4n) is 3.71. The number of fused-ring (bicyclic) bond motifs is 1. The molecule has 1 amide bonds. The predicted molar refractivity (Wildman–Crippen MR) is 118 cm³/mol. The highest BCUT2D eigenvalue weighted by molar-refractivity contribution is 6.06. The Labute approximate surface area is 184 Å². The van der Waals surface area contributed by atoms with Crippen molar-refractivity contribution in [3.63, 3.8) is 0 Å². The van der Waals surface area contributed by atoms with E-state index in [1.807, 2.05) is 22.9 Å². The van der Waals surface area contributed by atoms with Gasteiger partial charge in [0.2, 0.25) is 0 Å². The van der Waals surface area contributed by atoms with Gasteiger partial charge in [-0.25, -0.2) is 9.97 Å². The highest BCUT2D eigenvalue weighted by Gasteiger charge is 2.22. The maximum absolute atomic E-state index is 13.4. The van der Waals surface area contributed by atoms with Crippen LogP contribution in [-0.4, -0.2) is 37.5 Å². The van der Waals surface area contributed by atoms with E-state index in [1.165, 1.54) is 5.56 Å². The van der Waals surface area contributed by atoms with Gasteiger partial charge >= 0.3 is 0 Å². The summed E-state index contributed by atoms with van der Waals surface area (Å²) in [6.07, 6.45) is 7.05. The van der Waals surface area contributed by atoms with Crippen LogP contribution in [0.1, 0.15) is 27.2 Å². The quantitative estimate of drug-likeness (QED) is 0.401. The number of aromatic nitrogens is 4. The van der Waals surface area contributed by atoms with Crippen molar-refractivity contribution in [3.05, 3.63) is 89.8 Å². The molecule has 5 rings (SSSR count). The lowest BCUT2D eigenvalue weighted by Gasteiger charge is -2.18. The molecule has 0 saturated carbocycles. The Morgan fingerprint density at radius 1 is 1.16 bits per heavy atom. The highest BCUT2D eigenvalue weighted by Crippen LogP contribution is 2.28. The molecule has 8 nitrogen and oxygen atoms in total. The van der Waals surface area contributed by atoms with E-state index < -0.39 is 0 Å². The maximum atomic E-state index is 13.4. The number of carbonyl (C=O) groups is 1. The number of pyridine rings is 1. The zero-order valence-electron chi connectivity index (χ0n) is 17.7. The van der Waals surface area contributed by atoms with Crippen molar-refractivity contribution in [1.29, 1.82) is 0 Å². The van der Waals surface area contributed by atoms with E-state index in [-0.39, 0.29) is 5.91 Å². The van der Waals surface area contributed by atoms with Gasteiger partial charge in [-0.3, -0.25) is 4.79 Å². The van der Waals surface area contributed by atoms with E-state index in [0.29, 0.717) is 40.4 Å². The van der Waals surface area contributed by atoms with E-state index in [2.05, 4.69) is 27.3 Å². The van der Waals surface area contributed by atoms with Gasteiger partial charge in [0.05, 0.1) is 29.2 Å². The second kappa shape index (κ2) is 8.14. The van der Waals surface area contributed by atoms with Crippen LogP contribution in [-0.2, 0) is 13.1 Å². The first kappa shape index (κ1) is 19.7. The summed E-state index contributed by atoms with van der Waals surface area (Å²) in [5.41, 5.74) is 4.16. The topological polar surface area (TPSA) is 90.2 Å². The van der Waals surface area contributed by atoms with Crippen LogP contribution in [0, 0.1) is 6.92 Å². The lowest BCUT2D eigenvalue weighted by Crippen LogP contribution is -2.26. The number of hydrogen-bond donors (Lipinski definition) is 0. The molecule has 5 aromatic rings. The fourth-order valence-corrected chi connectivity index (χ4v) is 3.71. The molecule has 0 saturated heterocycles. The molecule has 32 heavy (non-hydrogen) atoms. The Morgan fingerprint density at radius 3 is 2.69 bits per heavy atom. The summed E-state index contributed by atoms with van der Waals surface area (Å²) in [6, 6.07) is 13.5. The molecule has 0 aliphatic carbocycles. The van der Waals surface area contributed by atoms with Crippen LogP contribution in [0.5, 0.6) is 0 Å². The van der Waals surface area contributed by atoms with E-state index in [1.54, 1.807) is 55.9 Å². The van der Waals surface area contributed by atoms with Gasteiger partial charge in [0.25, 0.3) is 11.6 Å². The Bertz CT molecular complexity index is 1350. The van der Waals surface area contributed by atoms with Crippen molar-refractivity contribution < 1.29 is 13.7 Å². The van der Waals surface area contributed by atoms with Crippen LogP contribution >= 0.6 is 0 Å². The van der Waals surface area contributed by atoms with Crippen LogP contribution < -0.4 is 0 Å². The van der Waals surface area contributed by atoms with Gasteiger partial charge in [-0.2, -0.15) is 0 Å².